The second-order valence-electron chi connectivity index (χ2n) is 3.86. The zero-order chi connectivity index (χ0) is 9.72. The van der Waals surface area contributed by atoms with Crippen molar-refractivity contribution in [3.63, 3.8) is 0 Å². The summed E-state index contributed by atoms with van der Waals surface area (Å²) in [5, 5.41) is 2.99. The van der Waals surface area contributed by atoms with Gasteiger partial charge in [-0.05, 0) is 11.8 Å². The lowest BCUT2D eigenvalue weighted by atomic mass is 9.90. The molecule has 0 spiro atoms. The summed E-state index contributed by atoms with van der Waals surface area (Å²) in [6.07, 6.45) is 1.11. The Labute approximate surface area is 75.7 Å². The minimum absolute atomic E-state index is 0.0778. The number of amides is 1. The minimum atomic E-state index is 0.0778. The maximum Gasteiger partial charge on any atom is 0.217 e. The molecule has 0 aliphatic rings. The Bertz CT molecular complexity index is 143. The molecule has 0 saturated heterocycles. The highest BCUT2D eigenvalue weighted by atomic mass is 16.1. The third-order valence-electron chi connectivity index (χ3n) is 2.35. The van der Waals surface area contributed by atoms with Crippen molar-refractivity contribution in [1.29, 1.82) is 0 Å². The van der Waals surface area contributed by atoms with Gasteiger partial charge in [0.15, 0.2) is 0 Å². The third kappa shape index (κ3) is 3.74. The van der Waals surface area contributed by atoms with Crippen LogP contribution in [0, 0.1) is 11.8 Å². The molecule has 0 aromatic rings. The van der Waals surface area contributed by atoms with Crippen molar-refractivity contribution < 1.29 is 4.79 Å². The van der Waals surface area contributed by atoms with Gasteiger partial charge in [-0.1, -0.05) is 34.1 Å². The predicted molar refractivity (Wildman–Crippen MR) is 51.9 cm³/mol. The van der Waals surface area contributed by atoms with E-state index in [1.54, 1.807) is 6.92 Å². The fraction of sp³-hybridized carbons (Fsp3) is 0.900. The van der Waals surface area contributed by atoms with Crippen molar-refractivity contribution in [3.8, 4) is 0 Å². The predicted octanol–water partition coefficient (Wildman–Crippen LogP) is 2.19. The molecule has 0 aliphatic heterocycles. The molecule has 0 rings (SSSR count). The second kappa shape index (κ2) is 5.18. The third-order valence-corrected chi connectivity index (χ3v) is 2.35. The molecule has 1 N–H and O–H groups in total. The highest BCUT2D eigenvalue weighted by Gasteiger charge is 2.19. The molecular weight excluding hydrogens is 150 g/mol. The van der Waals surface area contributed by atoms with Crippen LogP contribution in [0.5, 0.6) is 0 Å². The van der Waals surface area contributed by atoms with Gasteiger partial charge in [0.05, 0.1) is 0 Å². The molecule has 72 valence electrons. The number of hydrogen-bond acceptors (Lipinski definition) is 1. The zero-order valence-electron chi connectivity index (χ0n) is 8.85. The number of carbonyl (C=O) groups is 1. The molecule has 0 aliphatic carbocycles. The molecule has 1 amide bonds. The van der Waals surface area contributed by atoms with Gasteiger partial charge >= 0.3 is 0 Å². The fourth-order valence-electron chi connectivity index (χ4n) is 1.45. The molecule has 0 saturated carbocycles. The number of carbonyl (C=O) groups excluding carboxylic acids is 1. The van der Waals surface area contributed by atoms with Crippen molar-refractivity contribution in [2.45, 2.75) is 47.1 Å². The summed E-state index contributed by atoms with van der Waals surface area (Å²) in [4.78, 5) is 10.9. The molecule has 12 heavy (non-hydrogen) atoms. The van der Waals surface area contributed by atoms with E-state index in [4.69, 9.17) is 0 Å². The van der Waals surface area contributed by atoms with Gasteiger partial charge in [0.25, 0.3) is 0 Å². The maximum atomic E-state index is 10.9. The van der Waals surface area contributed by atoms with Crippen molar-refractivity contribution in [2.24, 2.45) is 11.8 Å². The van der Waals surface area contributed by atoms with Crippen LogP contribution in [0.2, 0.25) is 0 Å². The Kier molecular flexibility index (Phi) is 4.95. The molecule has 2 nitrogen and oxygen atoms in total. The summed E-state index contributed by atoms with van der Waals surface area (Å²) in [6.45, 7) is 10.2. The van der Waals surface area contributed by atoms with E-state index in [0.29, 0.717) is 17.9 Å². The molecule has 0 heterocycles. The van der Waals surface area contributed by atoms with Gasteiger partial charge in [-0.25, -0.2) is 0 Å². The molecule has 0 bridgehead atoms. The van der Waals surface area contributed by atoms with E-state index >= 15 is 0 Å². The summed E-state index contributed by atoms with van der Waals surface area (Å²) < 4.78 is 0. The van der Waals surface area contributed by atoms with E-state index in [2.05, 4.69) is 33.0 Å². The summed E-state index contributed by atoms with van der Waals surface area (Å²) >= 11 is 0. The van der Waals surface area contributed by atoms with E-state index in [9.17, 15) is 4.79 Å². The van der Waals surface area contributed by atoms with Crippen LogP contribution in [-0.2, 0) is 4.79 Å². The molecule has 0 aromatic carbocycles. The van der Waals surface area contributed by atoms with Crippen LogP contribution in [0.1, 0.15) is 41.0 Å². The number of hydrogen-bond donors (Lipinski definition) is 1. The van der Waals surface area contributed by atoms with Crippen molar-refractivity contribution >= 4 is 5.91 Å². The van der Waals surface area contributed by atoms with Gasteiger partial charge in [-0.2, -0.15) is 0 Å². The first-order chi connectivity index (χ1) is 5.49. The van der Waals surface area contributed by atoms with E-state index in [1.165, 1.54) is 0 Å². The van der Waals surface area contributed by atoms with Gasteiger partial charge < -0.3 is 5.32 Å². The molecular formula is C10H21NO. The Morgan fingerprint density at radius 3 is 2.08 bits per heavy atom. The van der Waals surface area contributed by atoms with E-state index in [0.717, 1.165) is 6.42 Å². The molecule has 2 atom stereocenters. The quantitative estimate of drug-likeness (QED) is 0.690. The Hall–Kier alpha value is -0.530. The minimum Gasteiger partial charge on any atom is -0.353 e. The smallest absolute Gasteiger partial charge is 0.217 e. The maximum absolute atomic E-state index is 10.9. The van der Waals surface area contributed by atoms with Gasteiger partial charge in [-0.3, -0.25) is 4.79 Å². The van der Waals surface area contributed by atoms with Gasteiger partial charge in [0.2, 0.25) is 5.91 Å². The van der Waals surface area contributed by atoms with E-state index in [-0.39, 0.29) is 5.91 Å². The van der Waals surface area contributed by atoms with Crippen LogP contribution < -0.4 is 5.32 Å². The van der Waals surface area contributed by atoms with Gasteiger partial charge in [-0.15, -0.1) is 0 Å². The lowest BCUT2D eigenvalue weighted by Gasteiger charge is -2.27. The van der Waals surface area contributed by atoms with Crippen LogP contribution in [0.25, 0.3) is 0 Å². The van der Waals surface area contributed by atoms with Crippen LogP contribution >= 0.6 is 0 Å². The highest BCUT2D eigenvalue weighted by molar-refractivity contribution is 5.73. The van der Waals surface area contributed by atoms with Crippen LogP contribution in [0.15, 0.2) is 0 Å². The largest absolute Gasteiger partial charge is 0.353 e. The molecule has 1 unspecified atom stereocenters. The first-order valence-corrected chi connectivity index (χ1v) is 4.76. The number of nitrogens with one attached hydrogen (secondary N) is 1. The van der Waals surface area contributed by atoms with Gasteiger partial charge in [0, 0.05) is 13.0 Å². The number of rotatable bonds is 4. The average molecular weight is 171 g/mol. The highest BCUT2D eigenvalue weighted by Crippen LogP contribution is 2.15. The first-order valence-electron chi connectivity index (χ1n) is 4.76. The second-order valence-corrected chi connectivity index (χ2v) is 3.86. The summed E-state index contributed by atoms with van der Waals surface area (Å²) in [6, 6.07) is 0.326. The Balaban J connectivity index is 4.12. The average Bonchev–Trinajstić information content (AvgIpc) is 1.98. The fourth-order valence-corrected chi connectivity index (χ4v) is 1.45. The van der Waals surface area contributed by atoms with Crippen LogP contribution in [-0.4, -0.2) is 11.9 Å². The normalized spacial score (nSPS) is 15.8. The van der Waals surface area contributed by atoms with E-state index in [1.807, 2.05) is 0 Å². The van der Waals surface area contributed by atoms with Crippen molar-refractivity contribution in [1.82, 2.24) is 5.32 Å². The standard InChI is InChI=1S/C10H21NO/c1-6-8(4)10(7(2)3)11-9(5)12/h7-8,10H,6H2,1-5H3,(H,11,12)/t8?,10-/m1/s1. The van der Waals surface area contributed by atoms with Crippen LogP contribution in [0.4, 0.5) is 0 Å². The SMILES string of the molecule is CCC(C)[C@H](NC(C)=O)C(C)C. The molecule has 2 heteroatoms. The zero-order valence-corrected chi connectivity index (χ0v) is 8.85. The summed E-state index contributed by atoms with van der Waals surface area (Å²) in [7, 11) is 0. The Morgan fingerprint density at radius 2 is 1.83 bits per heavy atom. The summed E-state index contributed by atoms with van der Waals surface area (Å²) in [5.41, 5.74) is 0. The molecule has 0 aromatic heterocycles. The molecule has 0 radical (unpaired) electrons. The lowest BCUT2D eigenvalue weighted by molar-refractivity contribution is -0.120. The van der Waals surface area contributed by atoms with Crippen molar-refractivity contribution in [2.75, 3.05) is 0 Å². The Morgan fingerprint density at radius 1 is 1.33 bits per heavy atom. The van der Waals surface area contributed by atoms with Gasteiger partial charge in [0.1, 0.15) is 0 Å². The lowest BCUT2D eigenvalue weighted by Crippen LogP contribution is -2.41. The molecule has 0 fully saturated rings. The van der Waals surface area contributed by atoms with Crippen molar-refractivity contribution in [3.05, 3.63) is 0 Å². The topological polar surface area (TPSA) is 29.1 Å². The first kappa shape index (κ1) is 11.5. The van der Waals surface area contributed by atoms with E-state index < -0.39 is 0 Å². The summed E-state index contributed by atoms with van der Waals surface area (Å²) in [5.74, 6) is 1.16. The van der Waals surface area contributed by atoms with Crippen LogP contribution in [0.3, 0.4) is 0 Å². The monoisotopic (exact) mass is 171 g/mol.